The topological polar surface area (TPSA) is 48.7 Å². The van der Waals surface area contributed by atoms with Crippen molar-refractivity contribution in [3.05, 3.63) is 70.4 Å². The number of anilines is 2. The molecule has 154 valence electrons. The van der Waals surface area contributed by atoms with Crippen molar-refractivity contribution in [3.63, 3.8) is 0 Å². The molecule has 3 aromatic rings. The van der Waals surface area contributed by atoms with E-state index in [2.05, 4.69) is 28.4 Å². The van der Waals surface area contributed by atoms with Crippen molar-refractivity contribution in [3.8, 4) is 11.3 Å². The van der Waals surface area contributed by atoms with E-state index in [0.717, 1.165) is 55.8 Å². The van der Waals surface area contributed by atoms with Gasteiger partial charge in [-0.15, -0.1) is 0 Å². The number of hydrogen-bond acceptors (Lipinski definition) is 4. The molecule has 2 aliphatic rings. The van der Waals surface area contributed by atoms with E-state index in [9.17, 15) is 4.79 Å². The van der Waals surface area contributed by atoms with Gasteiger partial charge in [-0.05, 0) is 66.9 Å². The molecule has 30 heavy (non-hydrogen) atoms. The number of benzene rings is 2. The largest absolute Gasteiger partial charge is 0.451 e. The van der Waals surface area contributed by atoms with Gasteiger partial charge < -0.3 is 19.5 Å². The zero-order valence-corrected chi connectivity index (χ0v) is 17.7. The van der Waals surface area contributed by atoms with Gasteiger partial charge in [0.05, 0.1) is 0 Å². The molecule has 2 aliphatic heterocycles. The zero-order valence-electron chi connectivity index (χ0n) is 17.0. The summed E-state index contributed by atoms with van der Waals surface area (Å²) in [7, 11) is 1.82. The number of hydrogen-bond donors (Lipinski definition) is 1. The van der Waals surface area contributed by atoms with Gasteiger partial charge in [0.2, 0.25) is 0 Å². The smallest absolute Gasteiger partial charge is 0.294 e. The summed E-state index contributed by atoms with van der Waals surface area (Å²) in [5.74, 6) is 1.02. The van der Waals surface area contributed by atoms with E-state index in [0.29, 0.717) is 16.5 Å². The molecule has 0 spiro atoms. The van der Waals surface area contributed by atoms with Crippen LogP contribution in [0.4, 0.5) is 11.4 Å². The van der Waals surface area contributed by atoms with Gasteiger partial charge >= 0.3 is 0 Å². The van der Waals surface area contributed by atoms with Crippen LogP contribution in [0.15, 0.2) is 52.9 Å². The highest BCUT2D eigenvalue weighted by Crippen LogP contribution is 2.34. The van der Waals surface area contributed by atoms with Crippen molar-refractivity contribution in [1.29, 1.82) is 0 Å². The Labute approximate surface area is 181 Å². The fourth-order valence-corrected chi connectivity index (χ4v) is 4.43. The Hall–Kier alpha value is -2.76. The van der Waals surface area contributed by atoms with Crippen molar-refractivity contribution in [1.82, 2.24) is 5.32 Å². The van der Waals surface area contributed by atoms with Crippen LogP contribution >= 0.6 is 11.6 Å². The number of furan rings is 1. The fraction of sp³-hybridized carbons (Fsp3) is 0.292. The van der Waals surface area contributed by atoms with E-state index in [1.54, 1.807) is 4.90 Å². The predicted octanol–water partition coefficient (Wildman–Crippen LogP) is 4.38. The number of nitrogens with zero attached hydrogens (tertiary/aromatic N) is 2. The fourth-order valence-electron chi connectivity index (χ4n) is 4.30. The lowest BCUT2D eigenvalue weighted by Gasteiger charge is -2.31. The molecule has 0 unspecified atom stereocenters. The SMILES string of the molecule is CN1C(=O)c2oc(-c3ccc(Cl)cc3)cc2CCc2cc(N3CCNCC3)ccc21. The summed E-state index contributed by atoms with van der Waals surface area (Å²) in [6.45, 7) is 4.01. The molecule has 1 aromatic heterocycles. The van der Waals surface area contributed by atoms with Gasteiger partial charge in [0.25, 0.3) is 5.91 Å². The highest BCUT2D eigenvalue weighted by Gasteiger charge is 2.27. The second-order valence-corrected chi connectivity index (χ2v) is 8.32. The van der Waals surface area contributed by atoms with Gasteiger partial charge in [-0.25, -0.2) is 0 Å². The summed E-state index contributed by atoms with van der Waals surface area (Å²) in [6.07, 6.45) is 1.63. The maximum absolute atomic E-state index is 13.2. The molecule has 0 saturated carbocycles. The van der Waals surface area contributed by atoms with Crippen molar-refractivity contribution in [2.45, 2.75) is 12.8 Å². The molecule has 5 nitrogen and oxygen atoms in total. The van der Waals surface area contributed by atoms with Gasteiger partial charge in [0.15, 0.2) is 5.76 Å². The number of rotatable bonds is 2. The van der Waals surface area contributed by atoms with E-state index in [1.165, 1.54) is 11.3 Å². The molecule has 1 N–H and O–H groups in total. The van der Waals surface area contributed by atoms with Crippen LogP contribution in [0.1, 0.15) is 21.7 Å². The molecule has 3 heterocycles. The third-order valence-corrected chi connectivity index (χ3v) is 6.26. The second-order valence-electron chi connectivity index (χ2n) is 7.89. The predicted molar refractivity (Wildman–Crippen MR) is 121 cm³/mol. The minimum atomic E-state index is -0.110. The van der Waals surface area contributed by atoms with E-state index in [4.69, 9.17) is 16.0 Å². The summed E-state index contributed by atoms with van der Waals surface area (Å²) in [6, 6.07) is 15.9. The Morgan fingerprint density at radius 2 is 1.70 bits per heavy atom. The van der Waals surface area contributed by atoms with Crippen LogP contribution in [0.3, 0.4) is 0 Å². The van der Waals surface area contributed by atoms with Crippen LogP contribution in [0.2, 0.25) is 5.02 Å². The standard InChI is InChI=1S/C24H24ClN3O2/c1-27-21-9-8-20(28-12-10-26-11-13-28)14-17(21)2-3-18-15-22(30-23(18)24(27)29)16-4-6-19(25)7-5-16/h4-9,14-15,26H,2-3,10-13H2,1H3. The highest BCUT2D eigenvalue weighted by molar-refractivity contribution is 6.30. The first-order valence-corrected chi connectivity index (χ1v) is 10.7. The van der Waals surface area contributed by atoms with Crippen LogP contribution in [0.25, 0.3) is 11.3 Å². The quantitative estimate of drug-likeness (QED) is 0.667. The van der Waals surface area contributed by atoms with Crippen molar-refractivity contribution >= 4 is 28.9 Å². The molecule has 6 heteroatoms. The normalized spacial score (nSPS) is 16.7. The average Bonchev–Trinajstić information content (AvgIpc) is 3.21. The van der Waals surface area contributed by atoms with Crippen molar-refractivity contribution in [2.75, 3.05) is 43.0 Å². The first-order valence-electron chi connectivity index (χ1n) is 10.4. The third-order valence-electron chi connectivity index (χ3n) is 6.01. The Morgan fingerprint density at radius 3 is 2.47 bits per heavy atom. The van der Waals surface area contributed by atoms with E-state index in [-0.39, 0.29) is 5.91 Å². The maximum atomic E-state index is 13.2. The number of fused-ring (bicyclic) bond motifs is 2. The van der Waals surface area contributed by atoms with E-state index < -0.39 is 0 Å². The molecule has 1 fully saturated rings. The molecule has 1 saturated heterocycles. The molecule has 2 aromatic carbocycles. The molecule has 0 bridgehead atoms. The Morgan fingerprint density at radius 1 is 0.967 bits per heavy atom. The lowest BCUT2D eigenvalue weighted by Crippen LogP contribution is -2.43. The number of carbonyl (C=O) groups excluding carboxylic acids is 1. The van der Waals surface area contributed by atoms with Crippen LogP contribution in [0, 0.1) is 0 Å². The summed E-state index contributed by atoms with van der Waals surface area (Å²) in [5, 5.41) is 4.07. The lowest BCUT2D eigenvalue weighted by atomic mass is 9.98. The first-order chi connectivity index (χ1) is 14.6. The van der Waals surface area contributed by atoms with Crippen LogP contribution < -0.4 is 15.1 Å². The van der Waals surface area contributed by atoms with Gasteiger partial charge in [-0.2, -0.15) is 0 Å². The van der Waals surface area contributed by atoms with Gasteiger partial charge in [-0.1, -0.05) is 11.6 Å². The molecule has 1 amide bonds. The highest BCUT2D eigenvalue weighted by atomic mass is 35.5. The monoisotopic (exact) mass is 421 g/mol. The van der Waals surface area contributed by atoms with E-state index >= 15 is 0 Å². The summed E-state index contributed by atoms with van der Waals surface area (Å²) >= 11 is 6.01. The summed E-state index contributed by atoms with van der Waals surface area (Å²) in [4.78, 5) is 17.3. The molecule has 5 rings (SSSR count). The molecular weight excluding hydrogens is 398 g/mol. The molecule has 0 atom stereocenters. The number of carbonyl (C=O) groups is 1. The van der Waals surface area contributed by atoms with Gasteiger partial charge in [0.1, 0.15) is 5.76 Å². The third kappa shape index (κ3) is 3.48. The van der Waals surface area contributed by atoms with Crippen molar-refractivity contribution in [2.24, 2.45) is 0 Å². The van der Waals surface area contributed by atoms with Crippen molar-refractivity contribution < 1.29 is 9.21 Å². The Balaban J connectivity index is 1.48. The number of halogens is 1. The van der Waals surface area contributed by atoms with Crippen LogP contribution in [0.5, 0.6) is 0 Å². The Bertz CT molecular complexity index is 1080. The van der Waals surface area contributed by atoms with Crippen LogP contribution in [-0.4, -0.2) is 39.1 Å². The number of piperazine rings is 1. The first kappa shape index (κ1) is 19.2. The average molecular weight is 422 g/mol. The molecule has 0 aliphatic carbocycles. The lowest BCUT2D eigenvalue weighted by molar-refractivity contribution is 0.0965. The minimum absolute atomic E-state index is 0.110. The summed E-state index contributed by atoms with van der Waals surface area (Å²) < 4.78 is 6.03. The second kappa shape index (κ2) is 7.82. The van der Waals surface area contributed by atoms with Crippen LogP contribution in [-0.2, 0) is 12.8 Å². The number of aryl methyl sites for hydroxylation is 2. The molecule has 0 radical (unpaired) electrons. The van der Waals surface area contributed by atoms with E-state index in [1.807, 2.05) is 37.4 Å². The number of amides is 1. The summed E-state index contributed by atoms with van der Waals surface area (Å²) in [5.41, 5.74) is 5.25. The molecular formula is C24H24ClN3O2. The zero-order chi connectivity index (χ0) is 20.7. The van der Waals surface area contributed by atoms with Gasteiger partial charge in [0, 0.05) is 60.8 Å². The minimum Gasteiger partial charge on any atom is -0.451 e. The van der Waals surface area contributed by atoms with Gasteiger partial charge in [-0.3, -0.25) is 4.79 Å². The Kier molecular flexibility index (Phi) is 5.01. The number of nitrogens with one attached hydrogen (secondary N) is 1. The maximum Gasteiger partial charge on any atom is 0.294 e.